The highest BCUT2D eigenvalue weighted by Crippen LogP contribution is 2.23. The zero-order valence-electron chi connectivity index (χ0n) is 12.7. The topological polar surface area (TPSA) is 100 Å². The van der Waals surface area contributed by atoms with Gasteiger partial charge in [0.25, 0.3) is 5.91 Å². The number of hydrogen-bond acceptors (Lipinski definition) is 4. The normalized spacial score (nSPS) is 17.3. The van der Waals surface area contributed by atoms with Gasteiger partial charge in [0.1, 0.15) is 0 Å². The Morgan fingerprint density at radius 1 is 1.35 bits per heavy atom. The lowest BCUT2D eigenvalue weighted by molar-refractivity contribution is -0.114. The maximum absolute atomic E-state index is 12.4. The highest BCUT2D eigenvalue weighted by molar-refractivity contribution is 5.94. The van der Waals surface area contributed by atoms with E-state index >= 15 is 0 Å². The van der Waals surface area contributed by atoms with E-state index in [9.17, 15) is 14.4 Å². The summed E-state index contributed by atoms with van der Waals surface area (Å²) in [5.74, 6) is 0.220. The molecule has 2 amide bonds. The molecule has 0 aromatic carbocycles. The van der Waals surface area contributed by atoms with Crippen LogP contribution in [0.15, 0.2) is 35.4 Å². The Kier molecular flexibility index (Phi) is 3.96. The first kappa shape index (κ1) is 15.0. The van der Waals surface area contributed by atoms with Crippen LogP contribution in [0.3, 0.4) is 0 Å². The van der Waals surface area contributed by atoms with E-state index in [4.69, 9.17) is 0 Å². The molecule has 1 saturated heterocycles. The summed E-state index contributed by atoms with van der Waals surface area (Å²) >= 11 is 0. The minimum absolute atomic E-state index is 0.0734. The molecule has 8 nitrogen and oxygen atoms in total. The summed E-state index contributed by atoms with van der Waals surface area (Å²) in [4.78, 5) is 38.7. The molecule has 0 unspecified atom stereocenters. The fraction of sp³-hybridized carbons (Fsp3) is 0.333. The lowest BCUT2D eigenvalue weighted by atomic mass is 10.2. The largest absolute Gasteiger partial charge is 0.336 e. The van der Waals surface area contributed by atoms with E-state index in [1.165, 1.54) is 25.3 Å². The van der Waals surface area contributed by atoms with E-state index in [-0.39, 0.29) is 23.4 Å². The molecule has 2 aromatic heterocycles. The number of carbonyl (C=O) groups excluding carboxylic acids is 2. The van der Waals surface area contributed by atoms with E-state index in [1.54, 1.807) is 21.8 Å². The Bertz CT molecular complexity index is 774. The summed E-state index contributed by atoms with van der Waals surface area (Å²) in [6.45, 7) is 2.59. The zero-order valence-corrected chi connectivity index (χ0v) is 12.7. The van der Waals surface area contributed by atoms with Gasteiger partial charge < -0.3 is 15.2 Å². The molecule has 3 rings (SSSR count). The molecule has 1 atom stereocenters. The maximum atomic E-state index is 12.4. The predicted molar refractivity (Wildman–Crippen MR) is 83.2 cm³/mol. The summed E-state index contributed by atoms with van der Waals surface area (Å²) in [7, 11) is 0. The van der Waals surface area contributed by atoms with Crippen molar-refractivity contribution in [3.63, 3.8) is 0 Å². The summed E-state index contributed by atoms with van der Waals surface area (Å²) in [5, 5.41) is 6.94. The van der Waals surface area contributed by atoms with Gasteiger partial charge in [-0.2, -0.15) is 5.10 Å². The second-order valence-corrected chi connectivity index (χ2v) is 5.50. The Hall–Kier alpha value is -2.90. The number of carbonyl (C=O) groups is 2. The van der Waals surface area contributed by atoms with Crippen LogP contribution in [0, 0.1) is 0 Å². The highest BCUT2D eigenvalue weighted by Gasteiger charge is 2.28. The van der Waals surface area contributed by atoms with Crippen LogP contribution in [-0.4, -0.2) is 44.6 Å². The molecule has 0 radical (unpaired) electrons. The van der Waals surface area contributed by atoms with E-state index in [0.717, 1.165) is 6.42 Å². The minimum atomic E-state index is -0.233. The number of nitrogens with one attached hydrogen (secondary N) is 2. The minimum Gasteiger partial charge on any atom is -0.336 e. The van der Waals surface area contributed by atoms with Gasteiger partial charge in [-0.25, -0.2) is 0 Å². The van der Waals surface area contributed by atoms with Gasteiger partial charge in [0.15, 0.2) is 5.82 Å². The van der Waals surface area contributed by atoms with Crippen molar-refractivity contribution in [2.24, 2.45) is 0 Å². The molecule has 3 heterocycles. The van der Waals surface area contributed by atoms with Crippen molar-refractivity contribution in [1.29, 1.82) is 0 Å². The molecule has 23 heavy (non-hydrogen) atoms. The third-order valence-corrected chi connectivity index (χ3v) is 3.77. The summed E-state index contributed by atoms with van der Waals surface area (Å²) in [5.41, 5.74) is 0.229. The summed E-state index contributed by atoms with van der Waals surface area (Å²) < 4.78 is 1.77. The van der Waals surface area contributed by atoms with Gasteiger partial charge in [-0.05, 0) is 12.5 Å². The Morgan fingerprint density at radius 2 is 2.17 bits per heavy atom. The Labute approximate surface area is 132 Å². The van der Waals surface area contributed by atoms with Gasteiger partial charge in [-0.1, -0.05) is 0 Å². The zero-order chi connectivity index (χ0) is 16.4. The van der Waals surface area contributed by atoms with Crippen molar-refractivity contribution in [2.75, 3.05) is 18.4 Å². The Balaban J connectivity index is 1.67. The third-order valence-electron chi connectivity index (χ3n) is 3.77. The van der Waals surface area contributed by atoms with Crippen LogP contribution in [0.2, 0.25) is 0 Å². The van der Waals surface area contributed by atoms with Crippen LogP contribution in [0.5, 0.6) is 0 Å². The number of aromatic nitrogens is 3. The van der Waals surface area contributed by atoms with E-state index in [0.29, 0.717) is 24.5 Å². The van der Waals surface area contributed by atoms with Crippen molar-refractivity contribution < 1.29 is 9.59 Å². The van der Waals surface area contributed by atoms with Crippen molar-refractivity contribution in [3.05, 3.63) is 46.5 Å². The number of H-pyrrole nitrogens is 1. The van der Waals surface area contributed by atoms with Gasteiger partial charge in [-0.3, -0.25) is 19.1 Å². The van der Waals surface area contributed by atoms with Crippen LogP contribution >= 0.6 is 0 Å². The van der Waals surface area contributed by atoms with E-state index in [2.05, 4.69) is 15.4 Å². The second-order valence-electron chi connectivity index (χ2n) is 5.50. The van der Waals surface area contributed by atoms with Crippen molar-refractivity contribution in [1.82, 2.24) is 19.7 Å². The first-order valence-electron chi connectivity index (χ1n) is 7.33. The Morgan fingerprint density at radius 3 is 2.87 bits per heavy atom. The average molecular weight is 315 g/mol. The molecule has 2 aromatic rings. The fourth-order valence-electron chi connectivity index (χ4n) is 2.66. The molecule has 0 spiro atoms. The van der Waals surface area contributed by atoms with Crippen LogP contribution in [-0.2, 0) is 4.79 Å². The first-order chi connectivity index (χ1) is 11.0. The lowest BCUT2D eigenvalue weighted by Crippen LogP contribution is -2.29. The smallest absolute Gasteiger partial charge is 0.255 e. The molecule has 0 saturated carbocycles. The average Bonchev–Trinajstić information content (AvgIpc) is 3.15. The number of aromatic amines is 1. The summed E-state index contributed by atoms with van der Waals surface area (Å²) in [6, 6.07) is 4.67. The predicted octanol–water partition coefficient (Wildman–Crippen LogP) is 0.617. The lowest BCUT2D eigenvalue weighted by Gasteiger charge is -2.16. The number of likely N-dealkylation sites (tertiary alicyclic amines) is 1. The van der Waals surface area contributed by atoms with Crippen LogP contribution < -0.4 is 10.9 Å². The monoisotopic (exact) mass is 315 g/mol. The molecule has 8 heteroatoms. The maximum Gasteiger partial charge on any atom is 0.255 e. The second kappa shape index (κ2) is 6.07. The van der Waals surface area contributed by atoms with Crippen LogP contribution in [0.25, 0.3) is 0 Å². The fourth-order valence-corrected chi connectivity index (χ4v) is 2.66. The van der Waals surface area contributed by atoms with E-state index in [1.807, 2.05) is 0 Å². The van der Waals surface area contributed by atoms with E-state index < -0.39 is 0 Å². The SMILES string of the molecule is CC(=O)Nc1ccn([C@H]2CCN(C(=O)c3ccc(=O)[nH]c3)C2)n1. The molecule has 1 fully saturated rings. The number of pyridine rings is 1. The number of rotatable bonds is 3. The molecule has 2 N–H and O–H groups in total. The molecule has 0 aliphatic carbocycles. The van der Waals surface area contributed by atoms with Crippen molar-refractivity contribution in [3.8, 4) is 0 Å². The number of amides is 2. The first-order valence-corrected chi connectivity index (χ1v) is 7.33. The number of anilines is 1. The van der Waals surface area contributed by atoms with Crippen LogP contribution in [0.4, 0.5) is 5.82 Å². The molecule has 120 valence electrons. The molecule has 1 aliphatic heterocycles. The molecule has 1 aliphatic rings. The third kappa shape index (κ3) is 3.31. The molecular formula is C15H17N5O3. The number of hydrogen-bond donors (Lipinski definition) is 2. The van der Waals surface area contributed by atoms with Crippen LogP contribution in [0.1, 0.15) is 29.7 Å². The molecule has 0 bridgehead atoms. The van der Waals surface area contributed by atoms with Gasteiger partial charge >= 0.3 is 0 Å². The summed E-state index contributed by atoms with van der Waals surface area (Å²) in [6.07, 6.45) is 4.01. The van der Waals surface area contributed by atoms with Crippen molar-refractivity contribution in [2.45, 2.75) is 19.4 Å². The number of nitrogens with zero attached hydrogens (tertiary/aromatic N) is 3. The van der Waals surface area contributed by atoms with Gasteiger partial charge in [-0.15, -0.1) is 0 Å². The standard InChI is InChI=1S/C15H17N5O3/c1-10(21)17-13-5-7-20(18-13)12-4-6-19(9-12)15(23)11-2-3-14(22)16-8-11/h2-3,5,7-8,12H,4,6,9H2,1H3,(H,16,22)(H,17,18,21)/t12-/m0/s1. The van der Waals surface area contributed by atoms with Gasteiger partial charge in [0.2, 0.25) is 11.5 Å². The highest BCUT2D eigenvalue weighted by atomic mass is 16.2. The van der Waals surface area contributed by atoms with Crippen molar-refractivity contribution >= 4 is 17.6 Å². The van der Waals surface area contributed by atoms with Gasteiger partial charge in [0, 0.05) is 44.5 Å². The van der Waals surface area contributed by atoms with Gasteiger partial charge in [0.05, 0.1) is 11.6 Å². The quantitative estimate of drug-likeness (QED) is 0.867. The molecular weight excluding hydrogens is 298 g/mol.